The Hall–Kier alpha value is -3.90. The SMILES string of the molecule is COC(=O)CCc1ccc(C2=C(c3ccccc3)CN(c3ccc(C(=N)N)cc3)C2=O)cc1.Cl. The summed E-state index contributed by atoms with van der Waals surface area (Å²) in [5.74, 6) is -0.331. The van der Waals surface area contributed by atoms with Gasteiger partial charge in [-0.15, -0.1) is 12.4 Å². The topological polar surface area (TPSA) is 96.5 Å². The van der Waals surface area contributed by atoms with Crippen LogP contribution >= 0.6 is 12.4 Å². The molecule has 174 valence electrons. The van der Waals surface area contributed by atoms with Crippen molar-refractivity contribution in [2.24, 2.45) is 5.73 Å². The summed E-state index contributed by atoms with van der Waals surface area (Å²) < 4.78 is 4.71. The van der Waals surface area contributed by atoms with Crippen LogP contribution in [0.3, 0.4) is 0 Å². The lowest BCUT2D eigenvalue weighted by atomic mass is 9.95. The largest absolute Gasteiger partial charge is 0.469 e. The van der Waals surface area contributed by atoms with Crippen LogP contribution in [0.5, 0.6) is 0 Å². The summed E-state index contributed by atoms with van der Waals surface area (Å²) in [6.45, 7) is 0.446. The van der Waals surface area contributed by atoms with Crippen LogP contribution < -0.4 is 10.6 Å². The minimum atomic E-state index is -0.245. The summed E-state index contributed by atoms with van der Waals surface area (Å²) in [5, 5.41) is 7.59. The van der Waals surface area contributed by atoms with Gasteiger partial charge in [0.05, 0.1) is 19.2 Å². The zero-order chi connectivity index (χ0) is 23.4. The van der Waals surface area contributed by atoms with E-state index in [1.54, 1.807) is 17.0 Å². The third-order valence-corrected chi connectivity index (χ3v) is 5.78. The zero-order valence-corrected chi connectivity index (χ0v) is 19.6. The van der Waals surface area contributed by atoms with Crippen molar-refractivity contribution in [3.8, 4) is 0 Å². The molecule has 4 rings (SSSR count). The monoisotopic (exact) mass is 475 g/mol. The number of benzene rings is 3. The maximum absolute atomic E-state index is 13.6. The van der Waals surface area contributed by atoms with E-state index in [1.807, 2.05) is 66.7 Å². The Balaban J connectivity index is 0.00000324. The highest BCUT2D eigenvalue weighted by atomic mass is 35.5. The van der Waals surface area contributed by atoms with Gasteiger partial charge in [-0.25, -0.2) is 0 Å². The van der Waals surface area contributed by atoms with Crippen LogP contribution in [0.2, 0.25) is 0 Å². The maximum atomic E-state index is 13.6. The summed E-state index contributed by atoms with van der Waals surface area (Å²) in [6.07, 6.45) is 0.900. The zero-order valence-electron chi connectivity index (χ0n) is 18.8. The predicted octanol–water partition coefficient (Wildman–Crippen LogP) is 4.46. The molecule has 0 aromatic heterocycles. The average molecular weight is 476 g/mol. The van der Waals surface area contributed by atoms with Gasteiger partial charge >= 0.3 is 5.97 Å². The number of amidine groups is 1. The molecule has 0 spiro atoms. The van der Waals surface area contributed by atoms with Crippen molar-refractivity contribution in [2.45, 2.75) is 12.8 Å². The number of methoxy groups -OCH3 is 1. The Morgan fingerprint density at radius 1 is 0.971 bits per heavy atom. The Morgan fingerprint density at radius 2 is 1.62 bits per heavy atom. The number of rotatable bonds is 7. The molecule has 34 heavy (non-hydrogen) atoms. The number of anilines is 1. The van der Waals surface area contributed by atoms with Crippen molar-refractivity contribution in [3.63, 3.8) is 0 Å². The lowest BCUT2D eigenvalue weighted by Gasteiger charge is -2.17. The van der Waals surface area contributed by atoms with Gasteiger partial charge in [-0.2, -0.15) is 0 Å². The molecule has 0 bridgehead atoms. The number of nitrogens with one attached hydrogen (secondary N) is 1. The Labute approximate surface area is 205 Å². The highest BCUT2D eigenvalue weighted by molar-refractivity contribution is 6.36. The number of amides is 1. The van der Waals surface area contributed by atoms with E-state index in [-0.39, 0.29) is 30.1 Å². The predicted molar refractivity (Wildman–Crippen MR) is 137 cm³/mol. The molecule has 0 unspecified atom stereocenters. The van der Waals surface area contributed by atoms with Crippen LogP contribution in [0.1, 0.15) is 28.7 Å². The van der Waals surface area contributed by atoms with E-state index < -0.39 is 0 Å². The third-order valence-electron chi connectivity index (χ3n) is 5.78. The second kappa shape index (κ2) is 10.8. The molecule has 0 saturated carbocycles. The Morgan fingerprint density at radius 3 is 2.21 bits per heavy atom. The van der Waals surface area contributed by atoms with E-state index in [4.69, 9.17) is 15.9 Å². The first kappa shape index (κ1) is 24.7. The molecule has 3 N–H and O–H groups in total. The summed E-state index contributed by atoms with van der Waals surface area (Å²) in [4.78, 5) is 26.8. The second-order valence-electron chi connectivity index (χ2n) is 7.84. The van der Waals surface area contributed by atoms with Gasteiger partial charge in [0.2, 0.25) is 0 Å². The van der Waals surface area contributed by atoms with Gasteiger partial charge in [0, 0.05) is 17.7 Å². The number of ether oxygens (including phenoxy) is 1. The minimum absolute atomic E-state index is 0. The van der Waals surface area contributed by atoms with Crippen molar-refractivity contribution >= 4 is 47.0 Å². The van der Waals surface area contributed by atoms with Gasteiger partial charge in [0.25, 0.3) is 5.91 Å². The van der Waals surface area contributed by atoms with Gasteiger partial charge < -0.3 is 15.4 Å². The maximum Gasteiger partial charge on any atom is 0.305 e. The number of aryl methyl sites for hydroxylation is 1. The van der Waals surface area contributed by atoms with Gasteiger partial charge in [-0.05, 0) is 52.9 Å². The number of nitrogen functional groups attached to an aromatic ring is 1. The molecule has 0 atom stereocenters. The number of halogens is 1. The molecule has 0 fully saturated rings. The minimum Gasteiger partial charge on any atom is -0.469 e. The number of carbonyl (C=O) groups excluding carboxylic acids is 2. The van der Waals surface area contributed by atoms with Gasteiger partial charge in [-0.3, -0.25) is 15.0 Å². The van der Waals surface area contributed by atoms with Crippen LogP contribution in [0.4, 0.5) is 5.69 Å². The van der Waals surface area contributed by atoms with E-state index in [0.29, 0.717) is 30.5 Å². The summed E-state index contributed by atoms with van der Waals surface area (Å²) in [7, 11) is 1.38. The first-order valence-corrected chi connectivity index (χ1v) is 10.7. The number of hydrogen-bond acceptors (Lipinski definition) is 4. The lowest BCUT2D eigenvalue weighted by Crippen LogP contribution is -2.26. The summed E-state index contributed by atoms with van der Waals surface area (Å²) in [5.41, 5.74) is 11.4. The molecule has 7 heteroatoms. The molecule has 6 nitrogen and oxygen atoms in total. The van der Waals surface area contributed by atoms with E-state index >= 15 is 0 Å². The molecule has 1 amide bonds. The number of hydrogen-bond donors (Lipinski definition) is 2. The summed E-state index contributed by atoms with van der Waals surface area (Å²) >= 11 is 0. The molecular formula is C27H26ClN3O3. The fraction of sp³-hybridized carbons (Fsp3) is 0.148. The molecule has 3 aromatic carbocycles. The Kier molecular flexibility index (Phi) is 7.87. The number of carbonyl (C=O) groups is 2. The van der Waals surface area contributed by atoms with Crippen molar-refractivity contribution in [3.05, 3.63) is 101 Å². The molecule has 0 radical (unpaired) electrons. The molecular weight excluding hydrogens is 450 g/mol. The van der Waals surface area contributed by atoms with E-state index in [1.165, 1.54) is 7.11 Å². The molecule has 0 aliphatic carbocycles. The lowest BCUT2D eigenvalue weighted by molar-refractivity contribution is -0.140. The second-order valence-corrected chi connectivity index (χ2v) is 7.84. The third kappa shape index (κ3) is 5.18. The van der Waals surface area contributed by atoms with Crippen LogP contribution in [0.15, 0.2) is 78.9 Å². The molecule has 1 heterocycles. The quantitative estimate of drug-likeness (QED) is 0.299. The van der Waals surface area contributed by atoms with Crippen molar-refractivity contribution < 1.29 is 14.3 Å². The van der Waals surface area contributed by atoms with Gasteiger partial charge in [0.15, 0.2) is 0 Å². The number of nitrogens with two attached hydrogens (primary N) is 1. The van der Waals surface area contributed by atoms with Crippen LogP contribution in [-0.4, -0.2) is 31.4 Å². The van der Waals surface area contributed by atoms with E-state index in [0.717, 1.165) is 28.0 Å². The highest BCUT2D eigenvalue weighted by Gasteiger charge is 2.32. The highest BCUT2D eigenvalue weighted by Crippen LogP contribution is 2.37. The fourth-order valence-corrected chi connectivity index (χ4v) is 3.96. The standard InChI is InChI=1S/C27H25N3O3.ClH/c1-33-24(31)16-9-18-7-10-20(11-8-18)25-23(19-5-3-2-4-6-19)17-30(27(25)32)22-14-12-21(13-15-22)26(28)29;/h2-8,10-15H,9,16-17H2,1H3,(H3,28,29);1H. The van der Waals surface area contributed by atoms with Crippen LogP contribution in [-0.2, 0) is 20.7 Å². The van der Waals surface area contributed by atoms with Crippen LogP contribution in [0.25, 0.3) is 11.1 Å². The van der Waals surface area contributed by atoms with Gasteiger partial charge in [0.1, 0.15) is 5.84 Å². The number of nitrogens with zero attached hydrogens (tertiary/aromatic N) is 1. The van der Waals surface area contributed by atoms with E-state index in [2.05, 4.69) is 0 Å². The van der Waals surface area contributed by atoms with Crippen molar-refractivity contribution in [1.82, 2.24) is 0 Å². The normalized spacial score (nSPS) is 13.0. The first-order chi connectivity index (χ1) is 16.0. The molecule has 3 aromatic rings. The first-order valence-electron chi connectivity index (χ1n) is 10.7. The molecule has 1 aliphatic rings. The number of esters is 1. The van der Waals surface area contributed by atoms with Crippen LogP contribution in [0, 0.1) is 5.41 Å². The smallest absolute Gasteiger partial charge is 0.305 e. The fourth-order valence-electron chi connectivity index (χ4n) is 3.96. The average Bonchev–Trinajstić information content (AvgIpc) is 3.20. The van der Waals surface area contributed by atoms with E-state index in [9.17, 15) is 9.59 Å². The van der Waals surface area contributed by atoms with Crippen molar-refractivity contribution in [1.29, 1.82) is 5.41 Å². The summed E-state index contributed by atoms with van der Waals surface area (Å²) in [6, 6.07) is 24.8. The van der Waals surface area contributed by atoms with Crippen molar-refractivity contribution in [2.75, 3.05) is 18.6 Å². The molecule has 0 saturated heterocycles. The van der Waals surface area contributed by atoms with Gasteiger partial charge in [-0.1, -0.05) is 54.6 Å². The Bertz CT molecular complexity index is 1220. The molecule has 1 aliphatic heterocycles.